The number of hydrogen-bond acceptors (Lipinski definition) is 2. The van der Waals surface area contributed by atoms with E-state index < -0.39 is 0 Å². The molecule has 0 bridgehead atoms. The van der Waals surface area contributed by atoms with Crippen molar-refractivity contribution in [3.05, 3.63) is 58.1 Å². The zero-order valence-electron chi connectivity index (χ0n) is 12.1. The van der Waals surface area contributed by atoms with Crippen LogP contribution in [-0.2, 0) is 0 Å². The van der Waals surface area contributed by atoms with Crippen LogP contribution in [0.4, 0.5) is 0 Å². The van der Waals surface area contributed by atoms with Gasteiger partial charge >= 0.3 is 0 Å². The van der Waals surface area contributed by atoms with Crippen LogP contribution in [0.2, 0.25) is 0 Å². The number of thiocarbonyl (C=S) groups is 1. The summed E-state index contributed by atoms with van der Waals surface area (Å²) < 4.78 is 6.76. The quantitative estimate of drug-likeness (QED) is 0.723. The van der Waals surface area contributed by atoms with Crippen LogP contribution in [0.5, 0.6) is 11.5 Å². The van der Waals surface area contributed by atoms with E-state index in [4.69, 9.17) is 22.7 Å². The Morgan fingerprint density at radius 2 is 1.90 bits per heavy atom. The molecule has 2 nitrogen and oxygen atoms in total. The van der Waals surface area contributed by atoms with E-state index in [0.29, 0.717) is 16.7 Å². The second kappa shape index (κ2) is 7.05. The Balaban J connectivity index is 2.27. The first-order valence-electron chi connectivity index (χ1n) is 6.89. The molecule has 1 unspecified atom stereocenters. The molecular formula is C17H18BrNOS. The van der Waals surface area contributed by atoms with Gasteiger partial charge in [0.25, 0.3) is 0 Å². The first-order chi connectivity index (χ1) is 10.0. The lowest BCUT2D eigenvalue weighted by Gasteiger charge is -2.13. The molecule has 4 heteroatoms. The third-order valence-corrected chi connectivity index (χ3v) is 4.38. The smallest absolute Gasteiger partial charge is 0.138 e. The van der Waals surface area contributed by atoms with Crippen LogP contribution in [-0.4, -0.2) is 4.99 Å². The lowest BCUT2D eigenvalue weighted by molar-refractivity contribution is 0.481. The summed E-state index contributed by atoms with van der Waals surface area (Å²) >= 11 is 8.55. The molecule has 2 aromatic carbocycles. The van der Waals surface area contributed by atoms with E-state index in [1.54, 1.807) is 0 Å². The molecule has 21 heavy (non-hydrogen) atoms. The average molecular weight is 364 g/mol. The molecule has 0 aliphatic heterocycles. The van der Waals surface area contributed by atoms with Crippen molar-refractivity contribution < 1.29 is 4.74 Å². The lowest BCUT2D eigenvalue weighted by atomic mass is 9.99. The lowest BCUT2D eigenvalue weighted by Crippen LogP contribution is -2.11. The molecule has 0 amide bonds. The van der Waals surface area contributed by atoms with Crippen LogP contribution in [0.25, 0.3) is 0 Å². The van der Waals surface area contributed by atoms with Crippen LogP contribution < -0.4 is 10.5 Å². The molecule has 0 aromatic heterocycles. The maximum atomic E-state index is 5.92. The van der Waals surface area contributed by atoms with Crippen molar-refractivity contribution in [1.29, 1.82) is 0 Å². The molecule has 0 radical (unpaired) electrons. The number of benzene rings is 2. The second-order valence-corrected chi connectivity index (χ2v) is 6.25. The highest BCUT2D eigenvalue weighted by molar-refractivity contribution is 9.10. The molecule has 0 saturated carbocycles. The van der Waals surface area contributed by atoms with Gasteiger partial charge in [0.15, 0.2) is 0 Å². The summed E-state index contributed by atoms with van der Waals surface area (Å²) in [6.45, 7) is 4.40. The number of rotatable bonds is 5. The Labute approximate surface area is 139 Å². The molecule has 110 valence electrons. The van der Waals surface area contributed by atoms with Gasteiger partial charge in [0, 0.05) is 4.47 Å². The van der Waals surface area contributed by atoms with Gasteiger partial charge in [0.1, 0.15) is 16.5 Å². The predicted octanol–water partition coefficient (Wildman–Crippen LogP) is 5.39. The largest absolute Gasteiger partial charge is 0.457 e. The summed E-state index contributed by atoms with van der Waals surface area (Å²) in [4.78, 5) is 0.314. The van der Waals surface area contributed by atoms with Crippen LogP contribution in [0, 0.1) is 0 Å². The molecule has 0 aliphatic rings. The van der Waals surface area contributed by atoms with Crippen molar-refractivity contribution in [2.24, 2.45) is 5.73 Å². The van der Waals surface area contributed by atoms with Crippen molar-refractivity contribution in [1.82, 2.24) is 0 Å². The Bertz CT molecular complexity index is 640. The van der Waals surface area contributed by atoms with E-state index in [0.717, 1.165) is 22.2 Å². The van der Waals surface area contributed by atoms with E-state index >= 15 is 0 Å². The van der Waals surface area contributed by atoms with Gasteiger partial charge in [-0.1, -0.05) is 44.3 Å². The fourth-order valence-corrected chi connectivity index (χ4v) is 2.96. The summed E-state index contributed by atoms with van der Waals surface area (Å²) in [5.74, 6) is 1.99. The topological polar surface area (TPSA) is 35.2 Å². The van der Waals surface area contributed by atoms with Crippen molar-refractivity contribution >= 4 is 33.1 Å². The van der Waals surface area contributed by atoms with Gasteiger partial charge in [-0.05, 0) is 58.1 Å². The van der Waals surface area contributed by atoms with Crippen molar-refractivity contribution in [2.75, 3.05) is 0 Å². The fourth-order valence-electron chi connectivity index (χ4n) is 2.06. The van der Waals surface area contributed by atoms with Gasteiger partial charge < -0.3 is 10.5 Å². The van der Waals surface area contributed by atoms with Gasteiger partial charge in [-0.25, -0.2) is 0 Å². The summed E-state index contributed by atoms with van der Waals surface area (Å²) in [6.07, 6.45) is 1.12. The molecule has 0 fully saturated rings. The first-order valence-corrected chi connectivity index (χ1v) is 8.09. The van der Waals surface area contributed by atoms with Crippen molar-refractivity contribution in [3.8, 4) is 11.5 Å². The average Bonchev–Trinajstić information content (AvgIpc) is 2.47. The summed E-state index contributed by atoms with van der Waals surface area (Å²) in [5, 5.41) is 0. The summed E-state index contributed by atoms with van der Waals surface area (Å²) in [6, 6.07) is 13.8. The molecule has 0 aliphatic carbocycles. The molecule has 2 aromatic rings. The molecular weight excluding hydrogens is 346 g/mol. The number of ether oxygens (including phenoxy) is 1. The standard InChI is InChI=1S/C17H18BrNOS/c1-3-11(2)12-7-9-13(10-8-12)20-15-6-4-5-14(18)16(15)17(19)21/h4-11H,3H2,1-2H3,(H2,19,21). The first kappa shape index (κ1) is 16.0. The second-order valence-electron chi connectivity index (χ2n) is 4.96. The molecule has 0 saturated heterocycles. The van der Waals surface area contributed by atoms with Crippen LogP contribution in [0.3, 0.4) is 0 Å². The van der Waals surface area contributed by atoms with Crippen LogP contribution in [0.1, 0.15) is 37.3 Å². The maximum Gasteiger partial charge on any atom is 0.138 e. The Kier molecular flexibility index (Phi) is 5.37. The third-order valence-electron chi connectivity index (χ3n) is 3.51. The molecule has 2 N–H and O–H groups in total. The fraction of sp³-hybridized carbons (Fsp3) is 0.235. The summed E-state index contributed by atoms with van der Waals surface area (Å²) in [5.41, 5.74) is 7.81. The van der Waals surface area contributed by atoms with E-state index in [1.165, 1.54) is 5.56 Å². The normalized spacial score (nSPS) is 12.0. The Hall–Kier alpha value is -1.39. The van der Waals surface area contributed by atoms with Gasteiger partial charge in [-0.3, -0.25) is 0 Å². The number of hydrogen-bond donors (Lipinski definition) is 1. The highest BCUT2D eigenvalue weighted by Gasteiger charge is 2.11. The van der Waals surface area contributed by atoms with Gasteiger partial charge in [-0.2, -0.15) is 0 Å². The van der Waals surface area contributed by atoms with Gasteiger partial charge in [-0.15, -0.1) is 0 Å². The minimum Gasteiger partial charge on any atom is -0.457 e. The monoisotopic (exact) mass is 363 g/mol. The molecule has 0 heterocycles. The Morgan fingerprint density at radius 3 is 2.48 bits per heavy atom. The van der Waals surface area contributed by atoms with E-state index in [9.17, 15) is 0 Å². The third kappa shape index (κ3) is 3.83. The zero-order chi connectivity index (χ0) is 15.4. The summed E-state index contributed by atoms with van der Waals surface area (Å²) in [7, 11) is 0. The predicted molar refractivity (Wildman–Crippen MR) is 95.3 cm³/mol. The van der Waals surface area contributed by atoms with E-state index in [2.05, 4.69) is 41.9 Å². The van der Waals surface area contributed by atoms with Crippen molar-refractivity contribution in [3.63, 3.8) is 0 Å². The maximum absolute atomic E-state index is 5.92. The molecule has 2 rings (SSSR count). The highest BCUT2D eigenvalue weighted by atomic mass is 79.9. The number of halogens is 1. The van der Waals surface area contributed by atoms with Crippen LogP contribution >= 0.6 is 28.1 Å². The van der Waals surface area contributed by atoms with Gasteiger partial charge in [0.05, 0.1) is 5.56 Å². The minimum atomic E-state index is 0.314. The van der Waals surface area contributed by atoms with Gasteiger partial charge in [0.2, 0.25) is 0 Å². The molecule has 0 spiro atoms. The van der Waals surface area contributed by atoms with Crippen molar-refractivity contribution in [2.45, 2.75) is 26.2 Å². The zero-order valence-corrected chi connectivity index (χ0v) is 14.5. The highest BCUT2D eigenvalue weighted by Crippen LogP contribution is 2.31. The number of nitrogens with two attached hydrogens (primary N) is 1. The van der Waals surface area contributed by atoms with E-state index in [1.807, 2.05) is 30.3 Å². The Morgan fingerprint density at radius 1 is 1.24 bits per heavy atom. The SMILES string of the molecule is CCC(C)c1ccc(Oc2cccc(Br)c2C(N)=S)cc1. The molecule has 1 atom stereocenters. The minimum absolute atomic E-state index is 0.314. The van der Waals surface area contributed by atoms with E-state index in [-0.39, 0.29) is 0 Å². The van der Waals surface area contributed by atoms with Crippen LogP contribution in [0.15, 0.2) is 46.9 Å².